The quantitative estimate of drug-likeness (QED) is 0.734. The van der Waals surface area contributed by atoms with Crippen LogP contribution in [0.1, 0.15) is 24.8 Å². The van der Waals surface area contributed by atoms with Crippen LogP contribution in [0.3, 0.4) is 0 Å². The topological polar surface area (TPSA) is 20.2 Å². The van der Waals surface area contributed by atoms with Crippen LogP contribution in [0.4, 0.5) is 8.78 Å². The van der Waals surface area contributed by atoms with E-state index in [1.807, 2.05) is 6.92 Å². The molecule has 2 rings (SSSR count). The van der Waals surface area contributed by atoms with Crippen LogP contribution >= 0.6 is 0 Å². The smallest absolute Gasteiger partial charge is 0.126 e. The molecular formula is C11H12F2O. The minimum Gasteiger partial charge on any atom is -0.393 e. The highest BCUT2D eigenvalue weighted by Gasteiger charge is 2.37. The Kier molecular flexibility index (Phi) is 2.27. The lowest BCUT2D eigenvalue weighted by Crippen LogP contribution is -2.37. The largest absolute Gasteiger partial charge is 0.393 e. The molecule has 0 aliphatic heterocycles. The highest BCUT2D eigenvalue weighted by Crippen LogP contribution is 2.42. The summed E-state index contributed by atoms with van der Waals surface area (Å²) in [4.78, 5) is 0. The molecule has 1 aliphatic carbocycles. The van der Waals surface area contributed by atoms with Gasteiger partial charge in [-0.2, -0.15) is 0 Å². The summed E-state index contributed by atoms with van der Waals surface area (Å²) in [5.41, 5.74) is 0.653. The van der Waals surface area contributed by atoms with Crippen molar-refractivity contribution >= 4 is 0 Å². The summed E-state index contributed by atoms with van der Waals surface area (Å²) < 4.78 is 25.7. The van der Waals surface area contributed by atoms with Crippen LogP contribution in [0.25, 0.3) is 0 Å². The van der Waals surface area contributed by atoms with Gasteiger partial charge in [0.2, 0.25) is 0 Å². The Morgan fingerprint density at radius 2 is 1.79 bits per heavy atom. The van der Waals surface area contributed by atoms with Crippen molar-refractivity contribution in [2.75, 3.05) is 0 Å². The molecule has 0 aromatic heterocycles. The van der Waals surface area contributed by atoms with Gasteiger partial charge in [0.05, 0.1) is 6.10 Å². The first-order valence-corrected chi connectivity index (χ1v) is 4.72. The molecule has 0 radical (unpaired) electrons. The van der Waals surface area contributed by atoms with Crippen molar-refractivity contribution in [3.05, 3.63) is 35.4 Å². The first kappa shape index (κ1) is 9.59. The number of rotatable bonds is 1. The van der Waals surface area contributed by atoms with Gasteiger partial charge in [-0.25, -0.2) is 8.78 Å². The lowest BCUT2D eigenvalue weighted by molar-refractivity contribution is 0.0115. The highest BCUT2D eigenvalue weighted by atomic mass is 19.1. The summed E-state index contributed by atoms with van der Waals surface area (Å²) in [5, 5.41) is 9.30. The predicted molar refractivity (Wildman–Crippen MR) is 48.9 cm³/mol. The highest BCUT2D eigenvalue weighted by molar-refractivity contribution is 5.25. The number of hydrogen-bond donors (Lipinski definition) is 1. The van der Waals surface area contributed by atoms with Crippen LogP contribution in [-0.2, 0) is 0 Å². The molecule has 0 saturated heterocycles. The second kappa shape index (κ2) is 3.31. The Labute approximate surface area is 81.4 Å². The van der Waals surface area contributed by atoms with Crippen LogP contribution < -0.4 is 0 Å². The van der Waals surface area contributed by atoms with E-state index in [0.29, 0.717) is 12.0 Å². The Balaban J connectivity index is 2.25. The van der Waals surface area contributed by atoms with E-state index in [2.05, 4.69) is 0 Å². The Hall–Kier alpha value is -0.960. The predicted octanol–water partition coefficient (Wildman–Crippen LogP) is 2.45. The van der Waals surface area contributed by atoms with E-state index in [-0.39, 0.29) is 17.9 Å². The minimum absolute atomic E-state index is 0.0928. The van der Waals surface area contributed by atoms with Crippen LogP contribution in [0.2, 0.25) is 0 Å². The maximum atomic E-state index is 12.9. The third-order valence-electron chi connectivity index (χ3n) is 3.05. The standard InChI is InChI=1S/C11H12F2O/c1-6-10(5-11(6)14)7-2-8(12)4-9(13)3-7/h2-4,6,10-11,14H,5H2,1H3. The molecule has 0 spiro atoms. The normalized spacial score (nSPS) is 31.3. The molecule has 0 heterocycles. The van der Waals surface area contributed by atoms with E-state index in [4.69, 9.17) is 0 Å². The van der Waals surface area contributed by atoms with E-state index in [9.17, 15) is 13.9 Å². The molecule has 3 unspecified atom stereocenters. The summed E-state index contributed by atoms with van der Waals surface area (Å²) in [6.45, 7) is 1.89. The summed E-state index contributed by atoms with van der Waals surface area (Å²) >= 11 is 0. The zero-order valence-corrected chi connectivity index (χ0v) is 7.87. The fourth-order valence-electron chi connectivity index (χ4n) is 1.99. The lowest BCUT2D eigenvalue weighted by Gasteiger charge is -2.39. The Bertz CT molecular complexity index is 331. The number of benzene rings is 1. The summed E-state index contributed by atoms with van der Waals surface area (Å²) in [6, 6.07) is 3.55. The van der Waals surface area contributed by atoms with Gasteiger partial charge < -0.3 is 5.11 Å². The van der Waals surface area contributed by atoms with Crippen molar-refractivity contribution in [1.29, 1.82) is 0 Å². The molecule has 0 amide bonds. The van der Waals surface area contributed by atoms with E-state index in [1.54, 1.807) is 0 Å². The molecule has 1 N–H and O–H groups in total. The Morgan fingerprint density at radius 3 is 2.21 bits per heavy atom. The summed E-state index contributed by atoms with van der Waals surface area (Å²) in [6.07, 6.45) is 0.274. The number of hydrogen-bond acceptors (Lipinski definition) is 1. The van der Waals surface area contributed by atoms with Gasteiger partial charge >= 0.3 is 0 Å². The van der Waals surface area contributed by atoms with E-state index in [1.165, 1.54) is 12.1 Å². The fourth-order valence-corrected chi connectivity index (χ4v) is 1.99. The molecule has 14 heavy (non-hydrogen) atoms. The van der Waals surface area contributed by atoms with Gasteiger partial charge in [0.15, 0.2) is 0 Å². The average Bonchev–Trinajstić information content (AvgIpc) is 2.11. The summed E-state index contributed by atoms with van der Waals surface area (Å²) in [7, 11) is 0. The van der Waals surface area contributed by atoms with Gasteiger partial charge in [0, 0.05) is 6.07 Å². The molecule has 1 aromatic rings. The van der Waals surface area contributed by atoms with Crippen LogP contribution in [0, 0.1) is 17.6 Å². The first-order valence-electron chi connectivity index (χ1n) is 4.72. The lowest BCUT2D eigenvalue weighted by atomic mass is 9.69. The van der Waals surface area contributed by atoms with E-state index < -0.39 is 11.6 Å². The van der Waals surface area contributed by atoms with Crippen molar-refractivity contribution in [1.82, 2.24) is 0 Å². The number of halogens is 2. The van der Waals surface area contributed by atoms with Crippen molar-refractivity contribution in [3.63, 3.8) is 0 Å². The van der Waals surface area contributed by atoms with Crippen molar-refractivity contribution in [2.24, 2.45) is 5.92 Å². The second-order valence-electron chi connectivity index (χ2n) is 3.97. The van der Waals surface area contributed by atoms with Gasteiger partial charge in [-0.05, 0) is 36.0 Å². The van der Waals surface area contributed by atoms with E-state index in [0.717, 1.165) is 6.07 Å². The van der Waals surface area contributed by atoms with Crippen molar-refractivity contribution in [3.8, 4) is 0 Å². The fraction of sp³-hybridized carbons (Fsp3) is 0.455. The molecular weight excluding hydrogens is 186 g/mol. The molecule has 1 nitrogen and oxygen atoms in total. The van der Waals surface area contributed by atoms with Gasteiger partial charge in [0.25, 0.3) is 0 Å². The molecule has 1 aliphatic rings. The molecule has 3 atom stereocenters. The zero-order chi connectivity index (χ0) is 10.3. The summed E-state index contributed by atoms with van der Waals surface area (Å²) in [5.74, 6) is -0.909. The van der Waals surface area contributed by atoms with Crippen LogP contribution in [0.15, 0.2) is 18.2 Å². The molecule has 0 bridgehead atoms. The third kappa shape index (κ3) is 1.52. The molecule has 3 heteroatoms. The monoisotopic (exact) mass is 198 g/mol. The molecule has 76 valence electrons. The first-order chi connectivity index (χ1) is 6.58. The molecule has 1 saturated carbocycles. The van der Waals surface area contributed by atoms with E-state index >= 15 is 0 Å². The van der Waals surface area contributed by atoms with Crippen LogP contribution in [0.5, 0.6) is 0 Å². The number of aliphatic hydroxyl groups is 1. The third-order valence-corrected chi connectivity index (χ3v) is 3.05. The number of aliphatic hydroxyl groups excluding tert-OH is 1. The SMILES string of the molecule is CC1C(O)CC1c1cc(F)cc(F)c1. The van der Waals surface area contributed by atoms with Crippen LogP contribution in [-0.4, -0.2) is 11.2 Å². The Morgan fingerprint density at radius 1 is 1.21 bits per heavy atom. The zero-order valence-electron chi connectivity index (χ0n) is 7.87. The second-order valence-corrected chi connectivity index (χ2v) is 3.97. The maximum Gasteiger partial charge on any atom is 0.126 e. The molecule has 1 fully saturated rings. The van der Waals surface area contributed by atoms with Crippen molar-refractivity contribution < 1.29 is 13.9 Å². The van der Waals surface area contributed by atoms with Gasteiger partial charge in [-0.3, -0.25) is 0 Å². The van der Waals surface area contributed by atoms with Gasteiger partial charge in [-0.15, -0.1) is 0 Å². The minimum atomic E-state index is -0.548. The van der Waals surface area contributed by atoms with Gasteiger partial charge in [-0.1, -0.05) is 6.92 Å². The average molecular weight is 198 g/mol. The van der Waals surface area contributed by atoms with Crippen molar-refractivity contribution in [2.45, 2.75) is 25.4 Å². The maximum absolute atomic E-state index is 12.9. The van der Waals surface area contributed by atoms with Gasteiger partial charge in [0.1, 0.15) is 11.6 Å². The molecule has 1 aromatic carbocycles.